The highest BCUT2D eigenvalue weighted by Crippen LogP contribution is 2.33. The van der Waals surface area contributed by atoms with Gasteiger partial charge in [-0.15, -0.1) is 10.2 Å². The number of nitrogens with zero attached hydrogens (tertiary/aromatic N) is 4. The number of carbonyl (C=O) groups excluding carboxylic acids is 1. The fourth-order valence-electron chi connectivity index (χ4n) is 5.23. The molecule has 0 aromatic carbocycles. The molecule has 2 aliphatic rings. The SMILES string of the molecule is Cc1cc(C(=O)CSc2nnc(C)n2C2CCCCC2)c(C)n1CCC1=CCCCC1. The maximum atomic E-state index is 13.1. The van der Waals surface area contributed by atoms with Crippen molar-refractivity contribution in [2.45, 2.75) is 103 Å². The summed E-state index contributed by atoms with van der Waals surface area (Å²) in [6.07, 6.45) is 14.9. The number of thioether (sulfide) groups is 1. The summed E-state index contributed by atoms with van der Waals surface area (Å²) >= 11 is 1.55. The molecule has 2 heterocycles. The summed E-state index contributed by atoms with van der Waals surface area (Å²) in [6.45, 7) is 7.21. The first-order chi connectivity index (χ1) is 15.0. The maximum Gasteiger partial charge on any atom is 0.191 e. The monoisotopic (exact) mass is 440 g/mol. The molecule has 0 saturated heterocycles. The van der Waals surface area contributed by atoms with E-state index in [1.54, 1.807) is 17.3 Å². The predicted molar refractivity (Wildman–Crippen MR) is 127 cm³/mol. The highest BCUT2D eigenvalue weighted by molar-refractivity contribution is 7.99. The van der Waals surface area contributed by atoms with Gasteiger partial charge in [0.25, 0.3) is 0 Å². The molecule has 168 valence electrons. The van der Waals surface area contributed by atoms with Gasteiger partial charge in [0.05, 0.1) is 5.75 Å². The molecular weight excluding hydrogens is 404 g/mol. The molecule has 2 aromatic rings. The molecule has 0 N–H and O–H groups in total. The number of Topliss-reactive ketones (excluding diaryl/α,β-unsaturated/α-hetero) is 1. The summed E-state index contributed by atoms with van der Waals surface area (Å²) in [7, 11) is 0. The van der Waals surface area contributed by atoms with Crippen molar-refractivity contribution in [1.82, 2.24) is 19.3 Å². The largest absolute Gasteiger partial charge is 0.348 e. The van der Waals surface area contributed by atoms with Gasteiger partial charge in [0, 0.05) is 29.5 Å². The number of allylic oxidation sites excluding steroid dienone is 2. The van der Waals surface area contributed by atoms with E-state index in [-0.39, 0.29) is 5.78 Å². The van der Waals surface area contributed by atoms with Crippen molar-refractivity contribution in [2.75, 3.05) is 5.75 Å². The molecule has 4 rings (SSSR count). The van der Waals surface area contributed by atoms with E-state index in [0.29, 0.717) is 11.8 Å². The average Bonchev–Trinajstić information content (AvgIpc) is 3.30. The Hall–Kier alpha value is -1.82. The van der Waals surface area contributed by atoms with Gasteiger partial charge < -0.3 is 9.13 Å². The third kappa shape index (κ3) is 5.16. The van der Waals surface area contributed by atoms with Gasteiger partial charge in [-0.1, -0.05) is 42.7 Å². The summed E-state index contributed by atoms with van der Waals surface area (Å²) in [4.78, 5) is 13.1. The summed E-state index contributed by atoms with van der Waals surface area (Å²) in [6, 6.07) is 2.56. The molecule has 6 heteroatoms. The molecule has 0 amide bonds. The van der Waals surface area contributed by atoms with Crippen LogP contribution in [-0.4, -0.2) is 30.9 Å². The van der Waals surface area contributed by atoms with Crippen LogP contribution in [0.15, 0.2) is 22.9 Å². The van der Waals surface area contributed by atoms with Crippen molar-refractivity contribution in [3.8, 4) is 0 Å². The van der Waals surface area contributed by atoms with Gasteiger partial charge in [-0.3, -0.25) is 4.79 Å². The molecule has 0 atom stereocenters. The Kier molecular flexibility index (Phi) is 7.36. The first kappa shape index (κ1) is 22.4. The fourth-order valence-corrected chi connectivity index (χ4v) is 6.16. The Balaban J connectivity index is 1.41. The second kappa shape index (κ2) is 10.2. The first-order valence-corrected chi connectivity index (χ1v) is 13.0. The lowest BCUT2D eigenvalue weighted by Gasteiger charge is -2.24. The number of hydrogen-bond donors (Lipinski definition) is 0. The molecule has 0 radical (unpaired) electrons. The standard InChI is InChI=1S/C25H36N4OS/c1-18-16-23(19(2)28(18)15-14-21-10-6-4-7-11-21)24(30)17-31-25-27-26-20(3)29(25)22-12-8-5-9-13-22/h10,16,22H,4-9,11-15,17H2,1-3H3. The summed E-state index contributed by atoms with van der Waals surface area (Å²) in [5.41, 5.74) is 4.73. The number of aryl methyl sites for hydroxylation is 2. The molecule has 5 nitrogen and oxygen atoms in total. The molecular formula is C25H36N4OS. The third-order valence-corrected chi connectivity index (χ3v) is 7.97. The molecule has 0 spiro atoms. The van der Waals surface area contributed by atoms with E-state index in [4.69, 9.17) is 0 Å². The third-order valence-electron chi connectivity index (χ3n) is 7.02. The predicted octanol–water partition coefficient (Wildman–Crippen LogP) is 6.38. The smallest absolute Gasteiger partial charge is 0.191 e. The normalized spacial score (nSPS) is 17.7. The Morgan fingerprint density at radius 1 is 1.10 bits per heavy atom. The minimum Gasteiger partial charge on any atom is -0.348 e. The Bertz CT molecular complexity index is 949. The molecule has 0 bridgehead atoms. The Labute approximate surface area is 190 Å². The van der Waals surface area contributed by atoms with Crippen LogP contribution < -0.4 is 0 Å². The van der Waals surface area contributed by atoms with E-state index in [1.165, 1.54) is 63.5 Å². The number of carbonyl (C=O) groups is 1. The van der Waals surface area contributed by atoms with E-state index >= 15 is 0 Å². The molecule has 1 saturated carbocycles. The van der Waals surface area contributed by atoms with E-state index in [2.05, 4.69) is 45.3 Å². The zero-order valence-corrected chi connectivity index (χ0v) is 20.1. The second-order valence-electron chi connectivity index (χ2n) is 9.20. The summed E-state index contributed by atoms with van der Waals surface area (Å²) < 4.78 is 4.60. The van der Waals surface area contributed by atoms with E-state index < -0.39 is 0 Å². The Morgan fingerprint density at radius 2 is 1.90 bits per heavy atom. The number of rotatable bonds is 8. The van der Waals surface area contributed by atoms with E-state index in [0.717, 1.165) is 35.2 Å². The van der Waals surface area contributed by atoms with Gasteiger partial charge in [0.15, 0.2) is 10.9 Å². The van der Waals surface area contributed by atoms with Crippen LogP contribution in [0.3, 0.4) is 0 Å². The van der Waals surface area contributed by atoms with Crippen LogP contribution in [0.4, 0.5) is 0 Å². The number of aromatic nitrogens is 4. The lowest BCUT2D eigenvalue weighted by molar-refractivity contribution is 0.102. The number of ketones is 1. The van der Waals surface area contributed by atoms with Crippen molar-refractivity contribution >= 4 is 17.5 Å². The van der Waals surface area contributed by atoms with E-state index in [1.807, 2.05) is 6.92 Å². The van der Waals surface area contributed by atoms with Crippen molar-refractivity contribution < 1.29 is 4.79 Å². The molecule has 0 unspecified atom stereocenters. The zero-order valence-electron chi connectivity index (χ0n) is 19.3. The average molecular weight is 441 g/mol. The van der Waals surface area contributed by atoms with Gasteiger partial charge in [-0.25, -0.2) is 0 Å². The maximum absolute atomic E-state index is 13.1. The lowest BCUT2D eigenvalue weighted by Crippen LogP contribution is -2.15. The minimum atomic E-state index is 0.192. The lowest BCUT2D eigenvalue weighted by atomic mass is 9.95. The van der Waals surface area contributed by atoms with Crippen LogP contribution in [0.25, 0.3) is 0 Å². The van der Waals surface area contributed by atoms with Crippen molar-refractivity contribution in [2.24, 2.45) is 0 Å². The van der Waals surface area contributed by atoms with E-state index in [9.17, 15) is 4.79 Å². The van der Waals surface area contributed by atoms with Crippen LogP contribution in [0.5, 0.6) is 0 Å². The summed E-state index contributed by atoms with van der Waals surface area (Å²) in [5.74, 6) is 1.58. The van der Waals surface area contributed by atoms with Crippen LogP contribution in [0.2, 0.25) is 0 Å². The zero-order chi connectivity index (χ0) is 21.8. The van der Waals surface area contributed by atoms with Gasteiger partial charge in [0.1, 0.15) is 5.82 Å². The van der Waals surface area contributed by atoms with Crippen LogP contribution in [0.1, 0.15) is 97.8 Å². The van der Waals surface area contributed by atoms with Crippen LogP contribution in [0, 0.1) is 20.8 Å². The van der Waals surface area contributed by atoms with Gasteiger partial charge in [-0.2, -0.15) is 0 Å². The summed E-state index contributed by atoms with van der Waals surface area (Å²) in [5, 5.41) is 9.61. The molecule has 0 aliphatic heterocycles. The van der Waals surface area contributed by atoms with Gasteiger partial charge in [-0.05, 0) is 71.8 Å². The number of hydrogen-bond acceptors (Lipinski definition) is 4. The van der Waals surface area contributed by atoms with Gasteiger partial charge >= 0.3 is 0 Å². The minimum absolute atomic E-state index is 0.192. The molecule has 1 fully saturated rings. The molecule has 2 aromatic heterocycles. The highest BCUT2D eigenvalue weighted by atomic mass is 32.2. The topological polar surface area (TPSA) is 52.7 Å². The van der Waals surface area contributed by atoms with Crippen molar-refractivity contribution in [3.63, 3.8) is 0 Å². The van der Waals surface area contributed by atoms with Crippen LogP contribution in [-0.2, 0) is 6.54 Å². The highest BCUT2D eigenvalue weighted by Gasteiger charge is 2.23. The fraction of sp³-hybridized carbons (Fsp3) is 0.640. The Morgan fingerprint density at radius 3 is 2.65 bits per heavy atom. The quantitative estimate of drug-likeness (QED) is 0.272. The van der Waals surface area contributed by atoms with Crippen molar-refractivity contribution in [1.29, 1.82) is 0 Å². The van der Waals surface area contributed by atoms with Crippen LogP contribution >= 0.6 is 11.8 Å². The first-order valence-electron chi connectivity index (χ1n) is 12.0. The second-order valence-corrected chi connectivity index (χ2v) is 10.1. The van der Waals surface area contributed by atoms with Gasteiger partial charge in [0.2, 0.25) is 0 Å². The molecule has 31 heavy (non-hydrogen) atoms. The van der Waals surface area contributed by atoms with Crippen molar-refractivity contribution in [3.05, 3.63) is 40.5 Å². The molecule has 2 aliphatic carbocycles.